The van der Waals surface area contributed by atoms with Crippen LogP contribution >= 0.6 is 0 Å². The third kappa shape index (κ3) is 3.67. The molecule has 1 N–H and O–H groups in total. The summed E-state index contributed by atoms with van der Waals surface area (Å²) in [7, 11) is 1.62. The summed E-state index contributed by atoms with van der Waals surface area (Å²) in [6.07, 6.45) is 1.89. The van der Waals surface area contributed by atoms with Gasteiger partial charge in [-0.3, -0.25) is 4.79 Å². The molecule has 0 radical (unpaired) electrons. The zero-order valence-electron chi connectivity index (χ0n) is 18.4. The highest BCUT2D eigenvalue weighted by Crippen LogP contribution is 2.42. The molecule has 3 unspecified atom stereocenters. The predicted octanol–water partition coefficient (Wildman–Crippen LogP) is 4.50. The molecule has 0 bridgehead atoms. The van der Waals surface area contributed by atoms with Gasteiger partial charge < -0.3 is 19.9 Å². The molecule has 2 aromatic carbocycles. The van der Waals surface area contributed by atoms with Gasteiger partial charge in [-0.05, 0) is 43.5 Å². The molecular formula is C24H27F2N3O3. The third-order valence-corrected chi connectivity index (χ3v) is 6.42. The average Bonchev–Trinajstić information content (AvgIpc) is 2.78. The molecule has 0 saturated carbocycles. The van der Waals surface area contributed by atoms with Crippen molar-refractivity contribution in [3.8, 4) is 5.75 Å². The first kappa shape index (κ1) is 22.0. The van der Waals surface area contributed by atoms with Crippen LogP contribution in [0.1, 0.15) is 43.9 Å². The summed E-state index contributed by atoms with van der Waals surface area (Å²) in [5.41, 5.74) is 1.87. The number of halogens is 2. The Morgan fingerprint density at radius 3 is 2.72 bits per heavy atom. The van der Waals surface area contributed by atoms with Crippen LogP contribution in [0.4, 0.5) is 19.3 Å². The molecule has 1 saturated heterocycles. The number of amides is 3. The van der Waals surface area contributed by atoms with Crippen molar-refractivity contribution in [1.82, 2.24) is 9.80 Å². The number of hydrogen-bond donors (Lipinski definition) is 1. The summed E-state index contributed by atoms with van der Waals surface area (Å²) in [6.45, 7) is 4.40. The van der Waals surface area contributed by atoms with Gasteiger partial charge in [0.2, 0.25) is 5.91 Å². The van der Waals surface area contributed by atoms with E-state index in [9.17, 15) is 18.4 Å². The topological polar surface area (TPSA) is 61.9 Å². The Morgan fingerprint density at radius 2 is 2.03 bits per heavy atom. The Morgan fingerprint density at radius 1 is 1.25 bits per heavy atom. The van der Waals surface area contributed by atoms with E-state index in [0.717, 1.165) is 29.0 Å². The van der Waals surface area contributed by atoms with Gasteiger partial charge >= 0.3 is 6.03 Å². The second kappa shape index (κ2) is 8.76. The predicted molar refractivity (Wildman–Crippen MR) is 117 cm³/mol. The molecule has 2 aliphatic heterocycles. The van der Waals surface area contributed by atoms with Crippen molar-refractivity contribution in [2.75, 3.05) is 19.0 Å². The fraction of sp³-hybridized carbons (Fsp3) is 0.417. The van der Waals surface area contributed by atoms with E-state index in [2.05, 4.69) is 5.32 Å². The van der Waals surface area contributed by atoms with Gasteiger partial charge in [0.1, 0.15) is 23.4 Å². The van der Waals surface area contributed by atoms with Crippen molar-refractivity contribution in [1.29, 1.82) is 0 Å². The highest BCUT2D eigenvalue weighted by atomic mass is 19.1. The average molecular weight is 443 g/mol. The van der Waals surface area contributed by atoms with Gasteiger partial charge in [-0.2, -0.15) is 0 Å². The smallest absolute Gasteiger partial charge is 0.322 e. The van der Waals surface area contributed by atoms with Crippen LogP contribution in [-0.4, -0.2) is 47.5 Å². The zero-order valence-corrected chi connectivity index (χ0v) is 18.4. The summed E-state index contributed by atoms with van der Waals surface area (Å²) < 4.78 is 33.0. The molecule has 2 aromatic rings. The van der Waals surface area contributed by atoms with Crippen molar-refractivity contribution in [2.24, 2.45) is 0 Å². The molecule has 0 spiro atoms. The lowest BCUT2D eigenvalue weighted by atomic mass is 9.84. The number of carbonyl (C=O) groups excluding carboxylic acids is 2. The van der Waals surface area contributed by atoms with Crippen molar-refractivity contribution < 1.29 is 23.1 Å². The highest BCUT2D eigenvalue weighted by molar-refractivity contribution is 5.95. The molecule has 8 heteroatoms. The van der Waals surface area contributed by atoms with Crippen molar-refractivity contribution in [2.45, 2.75) is 51.2 Å². The van der Waals surface area contributed by atoms with Crippen LogP contribution in [-0.2, 0) is 11.2 Å². The second-order valence-electron chi connectivity index (χ2n) is 8.26. The third-order valence-electron chi connectivity index (χ3n) is 6.42. The molecule has 6 nitrogen and oxygen atoms in total. The number of fused-ring (bicyclic) bond motifs is 3. The first-order valence-corrected chi connectivity index (χ1v) is 10.9. The fourth-order valence-corrected chi connectivity index (χ4v) is 5.00. The van der Waals surface area contributed by atoms with Crippen LogP contribution < -0.4 is 10.1 Å². The number of nitrogens with zero attached hydrogens (tertiary/aromatic N) is 2. The van der Waals surface area contributed by atoms with Gasteiger partial charge in [0.15, 0.2) is 0 Å². The second-order valence-corrected chi connectivity index (χ2v) is 8.26. The van der Waals surface area contributed by atoms with Crippen LogP contribution in [0.2, 0.25) is 0 Å². The standard InChI is InChI=1S/C24H27F2N3O3/c1-4-6-20-23(30)28-12-11-16-17(7-5-8-21(16)32-3)22(28)14(2)29(20)24(31)27-19-10-9-15(25)13-18(19)26/h5,7-10,13-14,20,22H,4,6,11-12H2,1-3H3,(H,27,31). The molecule has 2 aliphatic rings. The lowest BCUT2D eigenvalue weighted by Crippen LogP contribution is -2.65. The maximum atomic E-state index is 14.2. The number of piperazine rings is 1. The normalized spacial score (nSPS) is 22.3. The molecule has 0 aromatic heterocycles. The van der Waals surface area contributed by atoms with Gasteiger partial charge in [0.05, 0.1) is 24.9 Å². The van der Waals surface area contributed by atoms with Gasteiger partial charge in [-0.25, -0.2) is 13.6 Å². The first-order chi connectivity index (χ1) is 15.4. The quantitative estimate of drug-likeness (QED) is 0.757. The Bertz CT molecular complexity index is 1050. The van der Waals surface area contributed by atoms with Gasteiger partial charge in [0.25, 0.3) is 0 Å². The Labute approximate surface area is 186 Å². The number of nitrogens with one attached hydrogen (secondary N) is 1. The minimum absolute atomic E-state index is 0.113. The van der Waals surface area contributed by atoms with Crippen LogP contribution in [0.3, 0.4) is 0 Å². The number of anilines is 1. The van der Waals surface area contributed by atoms with E-state index in [4.69, 9.17) is 4.74 Å². The Kier molecular flexibility index (Phi) is 6.04. The molecule has 0 aliphatic carbocycles. The monoisotopic (exact) mass is 443 g/mol. The number of urea groups is 1. The molecule has 170 valence electrons. The van der Waals surface area contributed by atoms with Gasteiger partial charge in [-0.1, -0.05) is 25.5 Å². The molecular weight excluding hydrogens is 416 g/mol. The number of carbonyl (C=O) groups is 2. The molecule has 4 rings (SSSR count). The lowest BCUT2D eigenvalue weighted by molar-refractivity contribution is -0.148. The number of hydrogen-bond acceptors (Lipinski definition) is 3. The molecule has 3 amide bonds. The van der Waals surface area contributed by atoms with Crippen LogP contribution in [0, 0.1) is 11.6 Å². The van der Waals surface area contributed by atoms with Crippen LogP contribution in [0.15, 0.2) is 36.4 Å². The fourth-order valence-electron chi connectivity index (χ4n) is 5.00. The highest BCUT2D eigenvalue weighted by Gasteiger charge is 2.49. The SMILES string of the molecule is CCCC1C(=O)N2CCc3c(OC)cccc3C2C(C)N1C(=O)Nc1ccc(F)cc1F. The number of benzene rings is 2. The summed E-state index contributed by atoms with van der Waals surface area (Å²) in [5, 5.41) is 2.54. The largest absolute Gasteiger partial charge is 0.496 e. The van der Waals surface area contributed by atoms with E-state index in [-0.39, 0.29) is 23.7 Å². The molecule has 1 fully saturated rings. The zero-order chi connectivity index (χ0) is 23.0. The number of methoxy groups -OCH3 is 1. The van der Waals surface area contributed by atoms with E-state index in [1.54, 1.807) is 7.11 Å². The number of rotatable bonds is 4. The van der Waals surface area contributed by atoms with E-state index in [1.807, 2.05) is 36.9 Å². The van der Waals surface area contributed by atoms with Gasteiger partial charge in [-0.15, -0.1) is 0 Å². The molecule has 3 atom stereocenters. The van der Waals surface area contributed by atoms with Crippen molar-refractivity contribution >= 4 is 17.6 Å². The lowest BCUT2D eigenvalue weighted by Gasteiger charge is -2.52. The van der Waals surface area contributed by atoms with Crippen LogP contribution in [0.5, 0.6) is 5.75 Å². The van der Waals surface area contributed by atoms with Crippen molar-refractivity contribution in [3.63, 3.8) is 0 Å². The van der Waals surface area contributed by atoms with E-state index < -0.39 is 23.7 Å². The summed E-state index contributed by atoms with van der Waals surface area (Å²) in [6, 6.07) is 6.80. The Hall–Kier alpha value is -3.16. The van der Waals surface area contributed by atoms with Crippen molar-refractivity contribution in [3.05, 3.63) is 59.2 Å². The van der Waals surface area contributed by atoms with E-state index >= 15 is 0 Å². The van der Waals surface area contributed by atoms with Crippen LogP contribution in [0.25, 0.3) is 0 Å². The van der Waals surface area contributed by atoms with E-state index in [0.29, 0.717) is 25.8 Å². The minimum Gasteiger partial charge on any atom is -0.496 e. The summed E-state index contributed by atoms with van der Waals surface area (Å²) >= 11 is 0. The van der Waals surface area contributed by atoms with E-state index in [1.165, 1.54) is 11.0 Å². The summed E-state index contributed by atoms with van der Waals surface area (Å²) in [4.78, 5) is 30.2. The van der Waals surface area contributed by atoms with Gasteiger partial charge in [0, 0.05) is 18.2 Å². The minimum atomic E-state index is -0.865. The molecule has 2 heterocycles. The maximum Gasteiger partial charge on any atom is 0.322 e. The Balaban J connectivity index is 1.72. The number of ether oxygens (including phenoxy) is 1. The molecule has 32 heavy (non-hydrogen) atoms. The summed E-state index contributed by atoms with van der Waals surface area (Å²) in [5.74, 6) is -0.940. The first-order valence-electron chi connectivity index (χ1n) is 10.9. The maximum absolute atomic E-state index is 14.2.